The minimum atomic E-state index is -3.94. The Morgan fingerprint density at radius 1 is 1.08 bits per heavy atom. The molecule has 2 aromatic rings. The van der Waals surface area contributed by atoms with E-state index in [0.717, 1.165) is 12.7 Å². The Kier molecular flexibility index (Phi) is 6.05. The molecule has 0 spiro atoms. The minimum absolute atomic E-state index is 0.0141. The van der Waals surface area contributed by atoms with Crippen LogP contribution in [0.4, 0.5) is 0 Å². The summed E-state index contributed by atoms with van der Waals surface area (Å²) in [5.74, 6) is -0.829. The van der Waals surface area contributed by atoms with Crippen LogP contribution in [0.5, 0.6) is 0 Å². The number of ether oxygens (including phenoxy) is 1. The van der Waals surface area contributed by atoms with E-state index in [4.69, 9.17) is 23.2 Å². The van der Waals surface area contributed by atoms with E-state index in [9.17, 15) is 13.2 Å². The Balaban J connectivity index is 2.39. The van der Waals surface area contributed by atoms with E-state index in [1.165, 1.54) is 30.3 Å². The molecule has 2 rings (SSSR count). The summed E-state index contributed by atoms with van der Waals surface area (Å²) in [5.41, 5.74) is 0.915. The largest absolute Gasteiger partial charge is 0.464 e. The van der Waals surface area contributed by atoms with Gasteiger partial charge in [0.1, 0.15) is 0 Å². The van der Waals surface area contributed by atoms with Gasteiger partial charge in [0.15, 0.2) is 5.71 Å². The molecule has 0 fully saturated rings. The number of methoxy groups -OCH3 is 1. The fourth-order valence-corrected chi connectivity index (χ4v) is 2.95. The van der Waals surface area contributed by atoms with Crippen molar-refractivity contribution >= 4 is 44.9 Å². The number of halogens is 2. The number of hydrogen-bond acceptors (Lipinski definition) is 5. The quantitative estimate of drug-likeness (QED) is 0.474. The fourth-order valence-electron chi connectivity index (χ4n) is 1.84. The van der Waals surface area contributed by atoms with Crippen molar-refractivity contribution in [3.8, 4) is 0 Å². The standard InChI is InChI=1S/C16H14Cl2N2O4S/c1-10-3-6-12(7-4-10)25(22,23)20-19-15(16(21)24-2)11-5-8-13(17)14(18)9-11/h3-9,20H,1-2H3/b19-15-. The summed E-state index contributed by atoms with van der Waals surface area (Å²) in [7, 11) is -2.79. The summed E-state index contributed by atoms with van der Waals surface area (Å²) in [4.78, 5) is 14.0. The van der Waals surface area contributed by atoms with Crippen LogP contribution in [-0.4, -0.2) is 27.2 Å². The SMILES string of the molecule is COC(=O)/C(=N\NS(=O)(=O)c1ccc(C)cc1)c1ccc(Cl)c(Cl)c1. The smallest absolute Gasteiger partial charge is 0.359 e. The first-order valence-corrected chi connectivity index (χ1v) is 9.18. The van der Waals surface area contributed by atoms with Gasteiger partial charge in [0.05, 0.1) is 22.1 Å². The molecular formula is C16H14Cl2N2O4S. The summed E-state index contributed by atoms with van der Waals surface area (Å²) in [6.07, 6.45) is 0. The first kappa shape index (κ1) is 19.2. The molecule has 0 aliphatic heterocycles. The van der Waals surface area contributed by atoms with Crippen molar-refractivity contribution < 1.29 is 17.9 Å². The molecule has 9 heteroatoms. The number of sulfonamides is 1. The highest BCUT2D eigenvalue weighted by Gasteiger charge is 2.19. The number of carbonyl (C=O) groups excluding carboxylic acids is 1. The third-order valence-electron chi connectivity index (χ3n) is 3.18. The summed E-state index contributed by atoms with van der Waals surface area (Å²) in [6.45, 7) is 1.83. The summed E-state index contributed by atoms with van der Waals surface area (Å²) in [6, 6.07) is 10.5. The Labute approximate surface area is 155 Å². The molecule has 132 valence electrons. The minimum Gasteiger partial charge on any atom is -0.464 e. The number of esters is 1. The van der Waals surface area contributed by atoms with E-state index in [0.29, 0.717) is 0 Å². The average molecular weight is 401 g/mol. The normalized spacial score (nSPS) is 11.9. The molecule has 0 unspecified atom stereocenters. The molecule has 0 bridgehead atoms. The van der Waals surface area contributed by atoms with Gasteiger partial charge in [-0.15, -0.1) is 0 Å². The number of benzene rings is 2. The number of rotatable bonds is 5. The molecular weight excluding hydrogens is 387 g/mol. The van der Waals surface area contributed by atoms with E-state index in [1.54, 1.807) is 12.1 Å². The first-order chi connectivity index (χ1) is 11.7. The van der Waals surface area contributed by atoms with Crippen molar-refractivity contribution in [3.05, 3.63) is 63.6 Å². The molecule has 0 aromatic heterocycles. The average Bonchev–Trinajstić information content (AvgIpc) is 2.58. The molecule has 0 aliphatic rings. The number of nitrogens with zero attached hydrogens (tertiary/aromatic N) is 1. The van der Waals surface area contributed by atoms with Gasteiger partial charge in [-0.05, 0) is 31.2 Å². The van der Waals surface area contributed by atoms with E-state index < -0.39 is 16.0 Å². The number of aryl methyl sites for hydroxylation is 1. The lowest BCUT2D eigenvalue weighted by atomic mass is 10.1. The van der Waals surface area contributed by atoms with Gasteiger partial charge >= 0.3 is 5.97 Å². The maximum Gasteiger partial charge on any atom is 0.359 e. The van der Waals surface area contributed by atoms with Crippen LogP contribution in [0.15, 0.2) is 52.5 Å². The van der Waals surface area contributed by atoms with Crippen molar-refractivity contribution in [1.29, 1.82) is 0 Å². The molecule has 6 nitrogen and oxygen atoms in total. The molecule has 2 aromatic carbocycles. The van der Waals surface area contributed by atoms with Crippen LogP contribution in [0.2, 0.25) is 10.0 Å². The van der Waals surface area contributed by atoms with Crippen LogP contribution in [-0.2, 0) is 19.6 Å². The van der Waals surface area contributed by atoms with E-state index in [-0.39, 0.29) is 26.2 Å². The van der Waals surface area contributed by atoms with Crippen molar-refractivity contribution in [2.45, 2.75) is 11.8 Å². The molecule has 0 amide bonds. The molecule has 0 atom stereocenters. The molecule has 0 heterocycles. The zero-order valence-electron chi connectivity index (χ0n) is 13.3. The second kappa shape index (κ2) is 7.86. The highest BCUT2D eigenvalue weighted by molar-refractivity contribution is 7.89. The van der Waals surface area contributed by atoms with Gasteiger partial charge in [-0.1, -0.05) is 47.0 Å². The molecule has 1 N–H and O–H groups in total. The van der Waals surface area contributed by atoms with Crippen LogP contribution in [0.1, 0.15) is 11.1 Å². The first-order valence-electron chi connectivity index (χ1n) is 6.94. The zero-order valence-corrected chi connectivity index (χ0v) is 15.6. The van der Waals surface area contributed by atoms with Gasteiger partial charge in [0.25, 0.3) is 10.0 Å². The Morgan fingerprint density at radius 3 is 2.28 bits per heavy atom. The van der Waals surface area contributed by atoms with Crippen molar-refractivity contribution in [3.63, 3.8) is 0 Å². The third-order valence-corrected chi connectivity index (χ3v) is 5.14. The topological polar surface area (TPSA) is 84.8 Å². The maximum absolute atomic E-state index is 12.3. The molecule has 0 saturated carbocycles. The summed E-state index contributed by atoms with van der Waals surface area (Å²) in [5, 5.41) is 4.19. The van der Waals surface area contributed by atoms with Gasteiger partial charge in [-0.3, -0.25) is 0 Å². The molecule has 0 aliphatic carbocycles. The number of carbonyl (C=O) groups is 1. The Bertz CT molecular complexity index is 926. The van der Waals surface area contributed by atoms with Crippen molar-refractivity contribution in [1.82, 2.24) is 4.83 Å². The lowest BCUT2D eigenvalue weighted by Gasteiger charge is -2.08. The Morgan fingerprint density at radius 2 is 1.72 bits per heavy atom. The number of hydrazone groups is 1. The van der Waals surface area contributed by atoms with Crippen LogP contribution >= 0.6 is 23.2 Å². The fraction of sp³-hybridized carbons (Fsp3) is 0.125. The highest BCUT2D eigenvalue weighted by Crippen LogP contribution is 2.23. The van der Waals surface area contributed by atoms with Crippen molar-refractivity contribution in [2.75, 3.05) is 7.11 Å². The van der Waals surface area contributed by atoms with Gasteiger partial charge in [-0.25, -0.2) is 4.79 Å². The number of hydrogen-bond donors (Lipinski definition) is 1. The predicted molar refractivity (Wildman–Crippen MR) is 96.5 cm³/mol. The van der Waals surface area contributed by atoms with E-state index >= 15 is 0 Å². The summed E-state index contributed by atoms with van der Waals surface area (Å²) < 4.78 is 29.2. The van der Waals surface area contributed by atoms with Gasteiger partial charge < -0.3 is 4.74 Å². The second-order valence-electron chi connectivity index (χ2n) is 4.99. The monoisotopic (exact) mass is 400 g/mol. The third kappa shape index (κ3) is 4.72. The van der Waals surface area contributed by atoms with Gasteiger partial charge in [0.2, 0.25) is 0 Å². The van der Waals surface area contributed by atoms with E-state index in [2.05, 4.69) is 9.84 Å². The predicted octanol–water partition coefficient (Wildman–Crippen LogP) is 3.16. The molecule has 0 radical (unpaired) electrons. The number of nitrogens with one attached hydrogen (secondary N) is 1. The van der Waals surface area contributed by atoms with Gasteiger partial charge in [-0.2, -0.15) is 18.4 Å². The molecule has 25 heavy (non-hydrogen) atoms. The van der Waals surface area contributed by atoms with E-state index in [1.807, 2.05) is 11.8 Å². The van der Waals surface area contributed by atoms with Crippen LogP contribution in [0.25, 0.3) is 0 Å². The lowest BCUT2D eigenvalue weighted by molar-refractivity contribution is -0.132. The Hall–Kier alpha value is -2.09. The second-order valence-corrected chi connectivity index (χ2v) is 7.46. The maximum atomic E-state index is 12.3. The van der Waals surface area contributed by atoms with Gasteiger partial charge in [0, 0.05) is 5.56 Å². The van der Waals surface area contributed by atoms with Crippen LogP contribution in [0.3, 0.4) is 0 Å². The highest BCUT2D eigenvalue weighted by atomic mass is 35.5. The van der Waals surface area contributed by atoms with Crippen LogP contribution < -0.4 is 4.83 Å². The van der Waals surface area contributed by atoms with Crippen molar-refractivity contribution in [2.24, 2.45) is 5.10 Å². The lowest BCUT2D eigenvalue weighted by Crippen LogP contribution is -2.25. The zero-order chi connectivity index (χ0) is 18.6. The molecule has 0 saturated heterocycles. The summed E-state index contributed by atoms with van der Waals surface area (Å²) >= 11 is 11.8. The van der Waals surface area contributed by atoms with Crippen LogP contribution in [0, 0.1) is 6.92 Å².